The fourth-order valence-electron chi connectivity index (χ4n) is 2.30. The van der Waals surface area contributed by atoms with E-state index in [-0.39, 0.29) is 12.9 Å². The Labute approximate surface area is 110 Å². The maximum absolute atomic E-state index is 5.96. The van der Waals surface area contributed by atoms with Gasteiger partial charge < -0.3 is 18.9 Å². The summed E-state index contributed by atoms with van der Waals surface area (Å²) >= 11 is 0. The Hall–Kier alpha value is -2.36. The molecule has 0 bridgehead atoms. The summed E-state index contributed by atoms with van der Waals surface area (Å²) in [5.74, 6) is 3.11. The number of fused-ring (bicyclic) bond motifs is 2. The topological polar surface area (TPSA) is 36.9 Å². The summed E-state index contributed by atoms with van der Waals surface area (Å²) in [6, 6.07) is 13.5. The van der Waals surface area contributed by atoms with Crippen LogP contribution in [-0.4, -0.2) is 13.4 Å². The normalized spacial score (nSPS) is 19.3. The predicted molar refractivity (Wildman–Crippen MR) is 67.9 cm³/mol. The number of hydrogen-bond donors (Lipinski definition) is 0. The molecule has 2 aliphatic heterocycles. The zero-order chi connectivity index (χ0) is 12.7. The highest BCUT2D eigenvalue weighted by atomic mass is 16.7. The lowest BCUT2D eigenvalue weighted by Gasteiger charge is -2.26. The maximum Gasteiger partial charge on any atom is 0.231 e. The van der Waals surface area contributed by atoms with Crippen molar-refractivity contribution in [3.63, 3.8) is 0 Å². The summed E-state index contributed by atoms with van der Waals surface area (Å²) in [5.41, 5.74) is 1.03. The smallest absolute Gasteiger partial charge is 0.231 e. The standard InChI is InChI=1S/C15H12O4/c1-2-4-13-11(3-1)16-8-15(19-13)10-5-6-12-14(7-10)18-9-17-12/h1-7,15H,8-9H2. The average Bonchev–Trinajstić information content (AvgIpc) is 2.94. The number of hydrogen-bond acceptors (Lipinski definition) is 4. The summed E-state index contributed by atoms with van der Waals surface area (Å²) in [7, 11) is 0. The number of ether oxygens (including phenoxy) is 4. The lowest BCUT2D eigenvalue weighted by atomic mass is 10.1. The van der Waals surface area contributed by atoms with Crippen LogP contribution in [-0.2, 0) is 0 Å². The van der Waals surface area contributed by atoms with Crippen molar-refractivity contribution in [2.24, 2.45) is 0 Å². The summed E-state index contributed by atoms with van der Waals surface area (Å²) in [5, 5.41) is 0. The van der Waals surface area contributed by atoms with Gasteiger partial charge in [0.05, 0.1) is 0 Å². The lowest BCUT2D eigenvalue weighted by Crippen LogP contribution is -2.21. The van der Waals surface area contributed by atoms with Crippen molar-refractivity contribution < 1.29 is 18.9 Å². The van der Waals surface area contributed by atoms with E-state index >= 15 is 0 Å². The van der Waals surface area contributed by atoms with Crippen LogP contribution < -0.4 is 18.9 Å². The first-order valence-electron chi connectivity index (χ1n) is 6.18. The van der Waals surface area contributed by atoms with Gasteiger partial charge in [-0.2, -0.15) is 0 Å². The molecule has 0 saturated heterocycles. The van der Waals surface area contributed by atoms with Crippen molar-refractivity contribution in [2.45, 2.75) is 6.10 Å². The Balaban J connectivity index is 1.64. The molecule has 19 heavy (non-hydrogen) atoms. The molecule has 0 N–H and O–H groups in total. The number of rotatable bonds is 1. The van der Waals surface area contributed by atoms with E-state index in [4.69, 9.17) is 18.9 Å². The molecule has 4 rings (SSSR count). The molecule has 4 heteroatoms. The zero-order valence-corrected chi connectivity index (χ0v) is 10.2. The Bertz CT molecular complexity index is 623. The first kappa shape index (κ1) is 10.6. The summed E-state index contributed by atoms with van der Waals surface area (Å²) in [6.45, 7) is 0.778. The van der Waals surface area contributed by atoms with Gasteiger partial charge in [0, 0.05) is 0 Å². The monoisotopic (exact) mass is 256 g/mol. The highest BCUT2D eigenvalue weighted by molar-refractivity contribution is 5.46. The van der Waals surface area contributed by atoms with E-state index in [1.165, 1.54) is 0 Å². The van der Waals surface area contributed by atoms with Crippen molar-refractivity contribution in [2.75, 3.05) is 13.4 Å². The molecule has 2 aromatic carbocycles. The highest BCUT2D eigenvalue weighted by Gasteiger charge is 2.24. The SMILES string of the molecule is c1ccc2c(c1)OCC(c1ccc3c(c1)OCO3)O2. The minimum atomic E-state index is -0.121. The van der Waals surface area contributed by atoms with Gasteiger partial charge in [0.25, 0.3) is 0 Å². The van der Waals surface area contributed by atoms with E-state index in [1.807, 2.05) is 42.5 Å². The number of benzene rings is 2. The molecular formula is C15H12O4. The minimum absolute atomic E-state index is 0.121. The lowest BCUT2D eigenvalue weighted by molar-refractivity contribution is 0.0911. The van der Waals surface area contributed by atoms with Crippen molar-refractivity contribution in [3.8, 4) is 23.0 Å². The van der Waals surface area contributed by atoms with E-state index < -0.39 is 0 Å². The van der Waals surface area contributed by atoms with E-state index in [2.05, 4.69) is 0 Å². The molecule has 2 aliphatic rings. The van der Waals surface area contributed by atoms with Crippen molar-refractivity contribution in [3.05, 3.63) is 48.0 Å². The zero-order valence-electron chi connectivity index (χ0n) is 10.2. The first-order chi connectivity index (χ1) is 9.40. The minimum Gasteiger partial charge on any atom is -0.485 e. The molecule has 0 spiro atoms. The fourth-order valence-corrected chi connectivity index (χ4v) is 2.30. The summed E-state index contributed by atoms with van der Waals surface area (Å²) in [6.07, 6.45) is -0.121. The summed E-state index contributed by atoms with van der Waals surface area (Å²) < 4.78 is 22.4. The van der Waals surface area contributed by atoms with Crippen molar-refractivity contribution >= 4 is 0 Å². The van der Waals surface area contributed by atoms with E-state index in [0.29, 0.717) is 6.61 Å². The van der Waals surface area contributed by atoms with Crippen LogP contribution in [0, 0.1) is 0 Å². The molecule has 96 valence electrons. The number of para-hydroxylation sites is 2. The highest BCUT2D eigenvalue weighted by Crippen LogP contribution is 2.39. The Kier molecular flexibility index (Phi) is 2.27. The van der Waals surface area contributed by atoms with E-state index in [0.717, 1.165) is 28.6 Å². The van der Waals surface area contributed by atoms with Crippen LogP contribution in [0.3, 0.4) is 0 Å². The third-order valence-electron chi connectivity index (χ3n) is 3.28. The molecule has 2 heterocycles. The molecule has 1 atom stereocenters. The van der Waals surface area contributed by atoms with Gasteiger partial charge in [-0.15, -0.1) is 0 Å². The van der Waals surface area contributed by atoms with Gasteiger partial charge in [0.1, 0.15) is 6.61 Å². The molecule has 0 aliphatic carbocycles. The van der Waals surface area contributed by atoms with Gasteiger partial charge in [-0.25, -0.2) is 0 Å². The molecule has 0 amide bonds. The van der Waals surface area contributed by atoms with Crippen LogP contribution in [0.2, 0.25) is 0 Å². The third-order valence-corrected chi connectivity index (χ3v) is 3.28. The summed E-state index contributed by atoms with van der Waals surface area (Å²) in [4.78, 5) is 0. The van der Waals surface area contributed by atoms with E-state index in [9.17, 15) is 0 Å². The first-order valence-corrected chi connectivity index (χ1v) is 6.18. The van der Waals surface area contributed by atoms with Gasteiger partial charge in [0.2, 0.25) is 6.79 Å². The van der Waals surface area contributed by atoms with Crippen LogP contribution in [0.1, 0.15) is 11.7 Å². The van der Waals surface area contributed by atoms with Gasteiger partial charge in [0.15, 0.2) is 29.1 Å². The molecule has 0 fully saturated rings. The quantitative estimate of drug-likeness (QED) is 0.786. The van der Waals surface area contributed by atoms with Gasteiger partial charge in [-0.05, 0) is 29.8 Å². The molecule has 2 aromatic rings. The largest absolute Gasteiger partial charge is 0.485 e. The van der Waals surface area contributed by atoms with Gasteiger partial charge in [-0.3, -0.25) is 0 Å². The molecule has 4 nitrogen and oxygen atoms in total. The molecule has 0 aromatic heterocycles. The predicted octanol–water partition coefficient (Wildman–Crippen LogP) is 2.93. The molecule has 0 saturated carbocycles. The van der Waals surface area contributed by atoms with Crippen LogP contribution in [0.25, 0.3) is 0 Å². The molecule has 0 radical (unpaired) electrons. The second kappa shape index (κ2) is 4.09. The Morgan fingerprint density at radius 2 is 1.58 bits per heavy atom. The maximum atomic E-state index is 5.96. The average molecular weight is 256 g/mol. The van der Waals surface area contributed by atoms with Crippen LogP contribution in [0.5, 0.6) is 23.0 Å². The van der Waals surface area contributed by atoms with Crippen molar-refractivity contribution in [1.82, 2.24) is 0 Å². The molecule has 1 unspecified atom stereocenters. The Morgan fingerprint density at radius 1 is 0.789 bits per heavy atom. The van der Waals surface area contributed by atoms with Gasteiger partial charge in [-0.1, -0.05) is 18.2 Å². The van der Waals surface area contributed by atoms with Crippen LogP contribution >= 0.6 is 0 Å². The Morgan fingerprint density at radius 3 is 2.53 bits per heavy atom. The van der Waals surface area contributed by atoms with Crippen molar-refractivity contribution in [1.29, 1.82) is 0 Å². The second-order valence-electron chi connectivity index (χ2n) is 4.48. The molecular weight excluding hydrogens is 244 g/mol. The third kappa shape index (κ3) is 1.76. The fraction of sp³-hybridized carbons (Fsp3) is 0.200. The van der Waals surface area contributed by atoms with Gasteiger partial charge >= 0.3 is 0 Å². The van der Waals surface area contributed by atoms with Crippen LogP contribution in [0.15, 0.2) is 42.5 Å². The van der Waals surface area contributed by atoms with Crippen LogP contribution in [0.4, 0.5) is 0 Å². The second-order valence-corrected chi connectivity index (χ2v) is 4.48. The van der Waals surface area contributed by atoms with E-state index in [1.54, 1.807) is 0 Å².